The predicted molar refractivity (Wildman–Crippen MR) is 105 cm³/mol. The van der Waals surface area contributed by atoms with E-state index in [1.165, 1.54) is 0 Å². The second-order valence-corrected chi connectivity index (χ2v) is 7.32. The smallest absolute Gasteiger partial charge is 0.293 e. The molecular weight excluding hydrogens is 372 g/mol. The number of hydrogen-bond donors (Lipinski definition) is 0. The van der Waals surface area contributed by atoms with Crippen molar-refractivity contribution in [2.45, 2.75) is 12.3 Å². The van der Waals surface area contributed by atoms with E-state index in [0.717, 1.165) is 38.4 Å². The Labute approximate surface area is 168 Å². The quantitative estimate of drug-likeness (QED) is 0.673. The van der Waals surface area contributed by atoms with Gasteiger partial charge in [-0.1, -0.05) is 5.16 Å². The van der Waals surface area contributed by atoms with Gasteiger partial charge in [0.25, 0.3) is 11.8 Å². The molecule has 0 unspecified atom stereocenters. The first-order valence-electron chi connectivity index (χ1n) is 9.87. The van der Waals surface area contributed by atoms with Crippen molar-refractivity contribution in [2.75, 3.05) is 44.3 Å². The van der Waals surface area contributed by atoms with Crippen LogP contribution in [0.25, 0.3) is 11.7 Å². The lowest BCUT2D eigenvalue weighted by Crippen LogP contribution is -2.36. The Morgan fingerprint density at radius 1 is 1.07 bits per heavy atom. The molecule has 2 aliphatic heterocycles. The summed E-state index contributed by atoms with van der Waals surface area (Å²) in [7, 11) is 0. The zero-order chi connectivity index (χ0) is 19.6. The third kappa shape index (κ3) is 3.63. The Hall–Kier alpha value is -3.13. The molecule has 0 spiro atoms. The van der Waals surface area contributed by atoms with Crippen molar-refractivity contribution in [1.82, 2.24) is 15.0 Å². The minimum absolute atomic E-state index is 0.0378. The molecular formula is C21H22N4O4. The minimum Gasteiger partial charge on any atom is -0.459 e. The Morgan fingerprint density at radius 3 is 2.66 bits per heavy atom. The van der Waals surface area contributed by atoms with Crippen LogP contribution in [0.3, 0.4) is 0 Å². The highest BCUT2D eigenvalue weighted by atomic mass is 16.5. The molecule has 2 aromatic heterocycles. The summed E-state index contributed by atoms with van der Waals surface area (Å²) in [5, 5.41) is 4.08. The first-order valence-corrected chi connectivity index (χ1v) is 9.87. The van der Waals surface area contributed by atoms with Crippen molar-refractivity contribution < 1.29 is 18.5 Å². The monoisotopic (exact) mass is 394 g/mol. The number of amides is 1. The fourth-order valence-electron chi connectivity index (χ4n) is 3.88. The molecule has 5 rings (SSSR count). The van der Waals surface area contributed by atoms with Gasteiger partial charge in [-0.25, -0.2) is 0 Å². The van der Waals surface area contributed by atoms with Crippen LogP contribution in [-0.2, 0) is 4.74 Å². The number of aromatic nitrogens is 2. The second-order valence-electron chi connectivity index (χ2n) is 7.32. The van der Waals surface area contributed by atoms with Crippen LogP contribution < -0.4 is 4.90 Å². The molecule has 0 saturated carbocycles. The van der Waals surface area contributed by atoms with Crippen LogP contribution in [0.1, 0.15) is 28.5 Å². The number of likely N-dealkylation sites (tertiary alicyclic amines) is 1. The molecule has 2 fully saturated rings. The molecule has 1 aromatic carbocycles. The molecule has 8 nitrogen and oxygen atoms in total. The van der Waals surface area contributed by atoms with Crippen LogP contribution in [0.15, 0.2) is 51.6 Å². The average molecular weight is 394 g/mol. The van der Waals surface area contributed by atoms with Gasteiger partial charge in [0.1, 0.15) is 0 Å². The summed E-state index contributed by atoms with van der Waals surface area (Å²) >= 11 is 0. The molecule has 3 aromatic rings. The molecule has 150 valence electrons. The zero-order valence-electron chi connectivity index (χ0n) is 16.0. The predicted octanol–water partition coefficient (Wildman–Crippen LogP) is 2.80. The van der Waals surface area contributed by atoms with Gasteiger partial charge < -0.3 is 23.5 Å². The van der Waals surface area contributed by atoms with Gasteiger partial charge in [0.2, 0.25) is 0 Å². The van der Waals surface area contributed by atoms with E-state index in [1.54, 1.807) is 18.4 Å². The maximum atomic E-state index is 12.9. The van der Waals surface area contributed by atoms with Crippen molar-refractivity contribution in [3.63, 3.8) is 0 Å². The highest BCUT2D eigenvalue weighted by molar-refractivity contribution is 5.94. The number of anilines is 1. The van der Waals surface area contributed by atoms with Crippen LogP contribution in [0.4, 0.5) is 5.69 Å². The topological polar surface area (TPSA) is 84.8 Å². The molecule has 1 atom stereocenters. The molecule has 29 heavy (non-hydrogen) atoms. The first kappa shape index (κ1) is 17.9. The van der Waals surface area contributed by atoms with Crippen LogP contribution in [0.2, 0.25) is 0 Å². The van der Waals surface area contributed by atoms with Crippen molar-refractivity contribution in [3.05, 3.63) is 54.0 Å². The number of morpholine rings is 1. The van der Waals surface area contributed by atoms with Crippen molar-refractivity contribution in [3.8, 4) is 11.7 Å². The first-order chi connectivity index (χ1) is 14.3. The van der Waals surface area contributed by atoms with Gasteiger partial charge in [-0.3, -0.25) is 4.79 Å². The molecule has 2 aliphatic rings. The van der Waals surface area contributed by atoms with E-state index < -0.39 is 0 Å². The van der Waals surface area contributed by atoms with E-state index in [1.807, 2.05) is 29.2 Å². The highest BCUT2D eigenvalue weighted by Gasteiger charge is 2.31. The largest absolute Gasteiger partial charge is 0.459 e. The lowest BCUT2D eigenvalue weighted by atomic mass is 10.1. The van der Waals surface area contributed by atoms with Crippen molar-refractivity contribution in [1.29, 1.82) is 0 Å². The van der Waals surface area contributed by atoms with Crippen LogP contribution in [0.5, 0.6) is 0 Å². The summed E-state index contributed by atoms with van der Waals surface area (Å²) in [6.45, 7) is 4.51. The van der Waals surface area contributed by atoms with Crippen LogP contribution in [0, 0.1) is 0 Å². The number of carbonyl (C=O) groups is 1. The molecule has 8 heteroatoms. The van der Waals surface area contributed by atoms with E-state index in [4.69, 9.17) is 13.7 Å². The number of hydrogen-bond acceptors (Lipinski definition) is 7. The lowest BCUT2D eigenvalue weighted by molar-refractivity contribution is 0.0790. The van der Waals surface area contributed by atoms with E-state index in [0.29, 0.717) is 36.1 Å². The fraction of sp³-hybridized carbons (Fsp3) is 0.381. The van der Waals surface area contributed by atoms with Gasteiger partial charge >= 0.3 is 0 Å². The molecule has 1 amide bonds. The van der Waals surface area contributed by atoms with Crippen molar-refractivity contribution in [2.24, 2.45) is 0 Å². The Bertz CT molecular complexity index is 961. The van der Waals surface area contributed by atoms with E-state index in [9.17, 15) is 4.79 Å². The summed E-state index contributed by atoms with van der Waals surface area (Å²) < 4.78 is 16.0. The summed E-state index contributed by atoms with van der Waals surface area (Å²) in [5.41, 5.74) is 1.83. The molecule has 0 radical (unpaired) electrons. The summed E-state index contributed by atoms with van der Waals surface area (Å²) in [6, 6.07) is 11.4. The van der Waals surface area contributed by atoms with Gasteiger partial charge in [-0.05, 0) is 42.8 Å². The number of benzene rings is 1. The maximum absolute atomic E-state index is 12.9. The Morgan fingerprint density at radius 2 is 1.90 bits per heavy atom. The zero-order valence-corrected chi connectivity index (χ0v) is 16.0. The van der Waals surface area contributed by atoms with Crippen molar-refractivity contribution >= 4 is 11.6 Å². The number of carbonyl (C=O) groups excluding carboxylic acids is 1. The minimum atomic E-state index is 0.0378. The van der Waals surface area contributed by atoms with E-state index in [2.05, 4.69) is 15.0 Å². The van der Waals surface area contributed by atoms with Gasteiger partial charge in [-0.2, -0.15) is 4.98 Å². The summed E-state index contributed by atoms with van der Waals surface area (Å²) in [5.74, 6) is 1.65. The van der Waals surface area contributed by atoms with Gasteiger partial charge in [-0.15, -0.1) is 0 Å². The van der Waals surface area contributed by atoms with Crippen LogP contribution >= 0.6 is 0 Å². The maximum Gasteiger partial charge on any atom is 0.293 e. The molecule has 0 bridgehead atoms. The fourth-order valence-corrected chi connectivity index (χ4v) is 3.88. The van der Waals surface area contributed by atoms with Crippen LogP contribution in [-0.4, -0.2) is 60.3 Å². The molecule has 4 heterocycles. The molecule has 0 N–H and O–H groups in total. The highest BCUT2D eigenvalue weighted by Crippen LogP contribution is 2.28. The Kier molecular flexibility index (Phi) is 4.77. The second kappa shape index (κ2) is 7.71. The van der Waals surface area contributed by atoms with E-state index >= 15 is 0 Å². The van der Waals surface area contributed by atoms with Gasteiger partial charge in [0, 0.05) is 43.3 Å². The molecule has 2 saturated heterocycles. The van der Waals surface area contributed by atoms with E-state index in [-0.39, 0.29) is 11.8 Å². The molecule has 0 aliphatic carbocycles. The lowest BCUT2D eigenvalue weighted by Gasteiger charge is -2.29. The number of furan rings is 1. The number of nitrogens with zero attached hydrogens (tertiary/aromatic N) is 4. The van der Waals surface area contributed by atoms with Gasteiger partial charge in [0.15, 0.2) is 11.6 Å². The number of rotatable bonds is 4. The summed E-state index contributed by atoms with van der Waals surface area (Å²) in [4.78, 5) is 21.5. The third-order valence-electron chi connectivity index (χ3n) is 5.50. The Balaban J connectivity index is 1.23. The standard InChI is InChI=1S/C21H22N4O4/c26-21(15-3-5-17(6-4-15)24-9-12-27-13-10-24)25-8-7-16(14-25)19-22-20(29-23-19)18-2-1-11-28-18/h1-6,11,16H,7-10,12-14H2/t16-/m0/s1. The third-order valence-corrected chi connectivity index (χ3v) is 5.50. The van der Waals surface area contributed by atoms with Gasteiger partial charge in [0.05, 0.1) is 19.5 Å². The normalized spacial score (nSPS) is 19.7. The SMILES string of the molecule is O=C(c1ccc(N2CCOCC2)cc1)N1CC[C@H](c2noc(-c3ccco3)n2)C1. The average Bonchev–Trinajstić information content (AvgIpc) is 3.55. The summed E-state index contributed by atoms with van der Waals surface area (Å²) in [6.07, 6.45) is 2.38. The number of ether oxygens (including phenoxy) is 1.